The molecule has 0 aromatic heterocycles. The van der Waals surface area contributed by atoms with Gasteiger partial charge in [-0.3, -0.25) is 4.79 Å². The monoisotopic (exact) mass is 303 g/mol. The molecule has 1 aromatic carbocycles. The first-order valence-corrected chi connectivity index (χ1v) is 7.56. The van der Waals surface area contributed by atoms with Gasteiger partial charge in [-0.2, -0.15) is 0 Å². The van der Waals surface area contributed by atoms with Crippen LogP contribution in [0.2, 0.25) is 0 Å². The lowest BCUT2D eigenvalue weighted by molar-refractivity contribution is -0.118. The Bertz CT molecular complexity index is 579. The Morgan fingerprint density at radius 3 is 2.55 bits per heavy atom. The predicted molar refractivity (Wildman–Crippen MR) is 73.8 cm³/mol. The van der Waals surface area contributed by atoms with Crippen molar-refractivity contribution in [1.82, 2.24) is 4.72 Å². The Balaban J connectivity index is 2.67. The molecular formula is C12H18FN3O3S. The number of sulfonamides is 1. The molecule has 0 aliphatic rings. The second-order valence-corrected chi connectivity index (χ2v) is 6.21. The van der Waals surface area contributed by atoms with Crippen molar-refractivity contribution in [3.05, 3.63) is 23.5 Å². The summed E-state index contributed by atoms with van der Waals surface area (Å²) in [7, 11) is -3.81. The van der Waals surface area contributed by atoms with Crippen LogP contribution in [0.5, 0.6) is 0 Å². The number of carbonyl (C=O) groups is 1. The lowest BCUT2D eigenvalue weighted by atomic mass is 10.2. The van der Waals surface area contributed by atoms with Crippen molar-refractivity contribution < 1.29 is 17.6 Å². The van der Waals surface area contributed by atoms with Gasteiger partial charge in [0, 0.05) is 24.2 Å². The normalized spacial score (nSPS) is 11.5. The fourth-order valence-electron chi connectivity index (χ4n) is 1.54. The number of primary amides is 1. The van der Waals surface area contributed by atoms with Gasteiger partial charge in [0.05, 0.1) is 4.90 Å². The Morgan fingerprint density at radius 2 is 2.00 bits per heavy atom. The van der Waals surface area contributed by atoms with Crippen molar-refractivity contribution in [2.45, 2.75) is 31.1 Å². The van der Waals surface area contributed by atoms with Crippen molar-refractivity contribution in [1.29, 1.82) is 0 Å². The third-order valence-corrected chi connectivity index (χ3v) is 4.25. The highest BCUT2D eigenvalue weighted by atomic mass is 32.2. The van der Waals surface area contributed by atoms with E-state index in [4.69, 9.17) is 11.5 Å². The third-order valence-electron chi connectivity index (χ3n) is 2.81. The molecule has 0 unspecified atom stereocenters. The van der Waals surface area contributed by atoms with E-state index in [1.165, 1.54) is 13.0 Å². The van der Waals surface area contributed by atoms with E-state index < -0.39 is 21.7 Å². The summed E-state index contributed by atoms with van der Waals surface area (Å²) in [5.74, 6) is -1.10. The zero-order chi connectivity index (χ0) is 15.3. The van der Waals surface area contributed by atoms with Gasteiger partial charge in [0.15, 0.2) is 0 Å². The number of nitrogens with one attached hydrogen (secondary N) is 1. The van der Waals surface area contributed by atoms with E-state index in [1.54, 1.807) is 0 Å². The van der Waals surface area contributed by atoms with Crippen LogP contribution in [0.25, 0.3) is 0 Å². The van der Waals surface area contributed by atoms with Crippen molar-refractivity contribution in [3.63, 3.8) is 0 Å². The van der Waals surface area contributed by atoms with Crippen LogP contribution >= 0.6 is 0 Å². The van der Waals surface area contributed by atoms with Gasteiger partial charge in [0.2, 0.25) is 15.9 Å². The summed E-state index contributed by atoms with van der Waals surface area (Å²) >= 11 is 0. The Hall–Kier alpha value is -1.67. The van der Waals surface area contributed by atoms with Crippen LogP contribution in [-0.2, 0) is 14.8 Å². The maximum atomic E-state index is 13.5. The second kappa shape index (κ2) is 6.67. The van der Waals surface area contributed by atoms with E-state index >= 15 is 0 Å². The molecule has 20 heavy (non-hydrogen) atoms. The minimum Gasteiger partial charge on any atom is -0.398 e. The first-order valence-electron chi connectivity index (χ1n) is 6.07. The van der Waals surface area contributed by atoms with Crippen LogP contribution in [0.15, 0.2) is 17.0 Å². The van der Waals surface area contributed by atoms with Crippen LogP contribution in [0.1, 0.15) is 24.8 Å². The number of hydrogen-bond donors (Lipinski definition) is 3. The second-order valence-electron chi connectivity index (χ2n) is 4.44. The van der Waals surface area contributed by atoms with Gasteiger partial charge in [-0.1, -0.05) is 0 Å². The molecule has 5 N–H and O–H groups in total. The number of halogens is 1. The molecule has 0 spiro atoms. The molecule has 112 valence electrons. The van der Waals surface area contributed by atoms with Gasteiger partial charge >= 0.3 is 0 Å². The molecule has 8 heteroatoms. The zero-order valence-electron chi connectivity index (χ0n) is 11.1. The number of amides is 1. The van der Waals surface area contributed by atoms with E-state index in [-0.39, 0.29) is 29.1 Å². The molecule has 1 amide bonds. The van der Waals surface area contributed by atoms with Crippen LogP contribution in [-0.4, -0.2) is 20.9 Å². The van der Waals surface area contributed by atoms with E-state index in [1.807, 2.05) is 0 Å². The molecule has 0 bridgehead atoms. The first kappa shape index (κ1) is 16.4. The van der Waals surface area contributed by atoms with E-state index in [0.29, 0.717) is 12.8 Å². The van der Waals surface area contributed by atoms with Gasteiger partial charge in [-0.25, -0.2) is 17.5 Å². The van der Waals surface area contributed by atoms with E-state index in [9.17, 15) is 17.6 Å². The summed E-state index contributed by atoms with van der Waals surface area (Å²) in [6.45, 7) is 1.61. The van der Waals surface area contributed by atoms with Gasteiger partial charge in [0.1, 0.15) is 5.82 Å². The largest absolute Gasteiger partial charge is 0.398 e. The SMILES string of the molecule is Cc1c(N)cc(S(=O)(=O)NCCCCC(N)=O)cc1F. The quantitative estimate of drug-likeness (QED) is 0.506. The summed E-state index contributed by atoms with van der Waals surface area (Å²) in [5.41, 5.74) is 10.8. The van der Waals surface area contributed by atoms with Crippen molar-refractivity contribution in [2.75, 3.05) is 12.3 Å². The molecule has 0 aliphatic heterocycles. The highest BCUT2D eigenvalue weighted by molar-refractivity contribution is 7.89. The van der Waals surface area contributed by atoms with Crippen LogP contribution in [0, 0.1) is 12.7 Å². The Labute approximate surface area is 117 Å². The molecule has 0 radical (unpaired) electrons. The summed E-state index contributed by atoms with van der Waals surface area (Å²) in [4.78, 5) is 10.3. The van der Waals surface area contributed by atoms with Crippen molar-refractivity contribution >= 4 is 21.6 Å². The molecule has 1 aromatic rings. The standard InChI is InChI=1S/C12H18FN3O3S/c1-8-10(13)6-9(7-11(8)14)20(18,19)16-5-3-2-4-12(15)17/h6-7,16H,2-5,14H2,1H3,(H2,15,17). The number of unbranched alkanes of at least 4 members (excludes halogenated alkanes) is 1. The Morgan fingerprint density at radius 1 is 1.35 bits per heavy atom. The fourth-order valence-corrected chi connectivity index (χ4v) is 2.66. The van der Waals surface area contributed by atoms with E-state index in [2.05, 4.69) is 4.72 Å². The first-order chi connectivity index (χ1) is 9.24. The lowest BCUT2D eigenvalue weighted by Gasteiger charge is -2.09. The summed E-state index contributed by atoms with van der Waals surface area (Å²) in [6.07, 6.45) is 1.15. The van der Waals surface area contributed by atoms with Crippen LogP contribution in [0.3, 0.4) is 0 Å². The topological polar surface area (TPSA) is 115 Å². The minimum atomic E-state index is -3.81. The predicted octanol–water partition coefficient (Wildman–Crippen LogP) is 0.650. The molecule has 1 rings (SSSR count). The summed E-state index contributed by atoms with van der Waals surface area (Å²) in [6, 6.07) is 2.14. The molecule has 0 fully saturated rings. The molecule has 6 nitrogen and oxygen atoms in total. The number of anilines is 1. The number of benzene rings is 1. The molecule has 0 aliphatic carbocycles. The smallest absolute Gasteiger partial charge is 0.240 e. The van der Waals surface area contributed by atoms with Gasteiger partial charge in [-0.05, 0) is 31.9 Å². The average Bonchev–Trinajstić information content (AvgIpc) is 2.34. The third kappa shape index (κ3) is 4.46. The van der Waals surface area contributed by atoms with Gasteiger partial charge < -0.3 is 11.5 Å². The number of hydrogen-bond acceptors (Lipinski definition) is 4. The Kier molecular flexibility index (Phi) is 5.46. The summed E-state index contributed by atoms with van der Waals surface area (Å²) in [5, 5.41) is 0. The van der Waals surface area contributed by atoms with Gasteiger partial charge in [-0.15, -0.1) is 0 Å². The molecule has 0 heterocycles. The molecular weight excluding hydrogens is 285 g/mol. The fraction of sp³-hybridized carbons (Fsp3) is 0.417. The number of nitrogens with two attached hydrogens (primary N) is 2. The van der Waals surface area contributed by atoms with Crippen LogP contribution in [0.4, 0.5) is 10.1 Å². The van der Waals surface area contributed by atoms with Gasteiger partial charge in [0.25, 0.3) is 0 Å². The lowest BCUT2D eigenvalue weighted by Crippen LogP contribution is -2.25. The average molecular weight is 303 g/mol. The highest BCUT2D eigenvalue weighted by Crippen LogP contribution is 2.20. The molecule has 0 saturated heterocycles. The van der Waals surface area contributed by atoms with Crippen molar-refractivity contribution in [3.8, 4) is 0 Å². The molecule has 0 atom stereocenters. The maximum Gasteiger partial charge on any atom is 0.240 e. The van der Waals surface area contributed by atoms with Crippen LogP contribution < -0.4 is 16.2 Å². The minimum absolute atomic E-state index is 0.0825. The zero-order valence-corrected chi connectivity index (χ0v) is 12.0. The number of carbonyl (C=O) groups excluding carboxylic acids is 1. The van der Waals surface area contributed by atoms with E-state index in [0.717, 1.165) is 6.07 Å². The molecule has 0 saturated carbocycles. The van der Waals surface area contributed by atoms with Crippen molar-refractivity contribution in [2.24, 2.45) is 5.73 Å². The highest BCUT2D eigenvalue weighted by Gasteiger charge is 2.16. The number of rotatable bonds is 7. The number of nitrogen functional groups attached to an aromatic ring is 1. The maximum absolute atomic E-state index is 13.5. The summed E-state index contributed by atoms with van der Waals surface area (Å²) < 4.78 is 39.6.